The highest BCUT2D eigenvalue weighted by molar-refractivity contribution is 5.97. The van der Waals surface area contributed by atoms with Crippen LogP contribution in [0, 0.1) is 11.7 Å². The Bertz CT molecular complexity index is 324. The van der Waals surface area contributed by atoms with Gasteiger partial charge in [-0.05, 0) is 12.5 Å². The zero-order valence-corrected chi connectivity index (χ0v) is 8.03. The summed E-state index contributed by atoms with van der Waals surface area (Å²) >= 11 is 0. The Labute approximate surface area is 82.1 Å². The van der Waals surface area contributed by atoms with Crippen LogP contribution in [0.4, 0.5) is 4.39 Å². The number of Topliss-reactive ketones (excluding diaryl/α,β-unsaturated/α-hetero) is 1. The lowest BCUT2D eigenvalue weighted by atomic mass is 9.96. The second-order valence-electron chi connectivity index (χ2n) is 3.10. The molecule has 76 valence electrons. The molecule has 1 unspecified atom stereocenters. The number of nitrogens with zero attached hydrogens (tertiary/aromatic N) is 1. The average molecular weight is 196 g/mol. The number of hydrogen-bond donors (Lipinski definition) is 1. The van der Waals surface area contributed by atoms with Crippen molar-refractivity contribution in [2.75, 3.05) is 6.54 Å². The van der Waals surface area contributed by atoms with Crippen LogP contribution in [0.15, 0.2) is 18.5 Å². The van der Waals surface area contributed by atoms with Crippen molar-refractivity contribution in [2.45, 2.75) is 13.3 Å². The van der Waals surface area contributed by atoms with Crippen molar-refractivity contribution in [3.8, 4) is 0 Å². The molecule has 0 aliphatic rings. The fourth-order valence-corrected chi connectivity index (χ4v) is 1.24. The molecule has 0 aromatic carbocycles. The van der Waals surface area contributed by atoms with Crippen LogP contribution in [-0.4, -0.2) is 17.3 Å². The highest BCUT2D eigenvalue weighted by atomic mass is 19.1. The van der Waals surface area contributed by atoms with E-state index >= 15 is 0 Å². The number of rotatable bonds is 4. The molecule has 0 aliphatic carbocycles. The molecule has 2 N–H and O–H groups in total. The maximum absolute atomic E-state index is 12.8. The average Bonchev–Trinajstić information content (AvgIpc) is 2.19. The topological polar surface area (TPSA) is 56.0 Å². The molecular formula is C10H13FN2O. The van der Waals surface area contributed by atoms with Crippen LogP contribution in [0.1, 0.15) is 23.7 Å². The summed E-state index contributed by atoms with van der Waals surface area (Å²) in [7, 11) is 0. The lowest BCUT2D eigenvalue weighted by molar-refractivity contribution is 0.0920. The number of carbonyl (C=O) groups excluding carboxylic acids is 1. The van der Waals surface area contributed by atoms with E-state index in [0.29, 0.717) is 12.0 Å². The standard InChI is InChI=1S/C10H13FN2O/c1-2-7(4-12)10(14)8-3-9(11)6-13-5-8/h3,5-7H,2,4,12H2,1H3. The molecule has 0 saturated carbocycles. The van der Waals surface area contributed by atoms with E-state index in [1.807, 2.05) is 6.92 Å². The van der Waals surface area contributed by atoms with Crippen molar-refractivity contribution in [3.63, 3.8) is 0 Å². The lowest BCUT2D eigenvalue weighted by Gasteiger charge is -2.09. The number of nitrogens with two attached hydrogens (primary N) is 1. The van der Waals surface area contributed by atoms with E-state index in [1.54, 1.807) is 0 Å². The lowest BCUT2D eigenvalue weighted by Crippen LogP contribution is -2.23. The van der Waals surface area contributed by atoms with Crippen LogP contribution in [0.25, 0.3) is 0 Å². The van der Waals surface area contributed by atoms with Gasteiger partial charge in [0.2, 0.25) is 0 Å². The van der Waals surface area contributed by atoms with E-state index in [-0.39, 0.29) is 18.2 Å². The van der Waals surface area contributed by atoms with Crippen LogP contribution < -0.4 is 5.73 Å². The zero-order valence-electron chi connectivity index (χ0n) is 8.03. The second kappa shape index (κ2) is 4.81. The minimum Gasteiger partial charge on any atom is -0.330 e. The second-order valence-corrected chi connectivity index (χ2v) is 3.10. The molecule has 1 aromatic heterocycles. The molecule has 14 heavy (non-hydrogen) atoms. The van der Waals surface area contributed by atoms with E-state index in [4.69, 9.17) is 5.73 Å². The van der Waals surface area contributed by atoms with Gasteiger partial charge < -0.3 is 5.73 Å². The van der Waals surface area contributed by atoms with Gasteiger partial charge in [0.15, 0.2) is 5.78 Å². The van der Waals surface area contributed by atoms with Crippen molar-refractivity contribution in [3.05, 3.63) is 29.8 Å². The van der Waals surface area contributed by atoms with Crippen molar-refractivity contribution in [1.29, 1.82) is 0 Å². The monoisotopic (exact) mass is 196 g/mol. The Balaban J connectivity index is 2.88. The van der Waals surface area contributed by atoms with E-state index in [0.717, 1.165) is 6.20 Å². The molecule has 0 radical (unpaired) electrons. The van der Waals surface area contributed by atoms with Gasteiger partial charge in [-0.25, -0.2) is 4.39 Å². The zero-order chi connectivity index (χ0) is 10.6. The molecule has 3 nitrogen and oxygen atoms in total. The quantitative estimate of drug-likeness (QED) is 0.740. The molecular weight excluding hydrogens is 183 g/mol. The normalized spacial score (nSPS) is 12.5. The van der Waals surface area contributed by atoms with Gasteiger partial charge in [0.25, 0.3) is 0 Å². The number of carbonyl (C=O) groups is 1. The molecule has 0 spiro atoms. The first-order chi connectivity index (χ1) is 6.69. The Morgan fingerprint density at radius 1 is 1.64 bits per heavy atom. The maximum atomic E-state index is 12.8. The summed E-state index contributed by atoms with van der Waals surface area (Å²) in [5.41, 5.74) is 5.72. The van der Waals surface area contributed by atoms with Crippen LogP contribution in [0.5, 0.6) is 0 Å². The van der Waals surface area contributed by atoms with E-state index in [9.17, 15) is 9.18 Å². The van der Waals surface area contributed by atoms with Gasteiger partial charge in [0.1, 0.15) is 5.82 Å². The number of ketones is 1. The number of pyridine rings is 1. The molecule has 1 heterocycles. The Morgan fingerprint density at radius 2 is 2.36 bits per heavy atom. The Morgan fingerprint density at radius 3 is 2.86 bits per heavy atom. The highest BCUT2D eigenvalue weighted by Gasteiger charge is 2.17. The van der Waals surface area contributed by atoms with Gasteiger partial charge in [-0.15, -0.1) is 0 Å². The molecule has 1 aromatic rings. The van der Waals surface area contributed by atoms with Crippen LogP contribution >= 0.6 is 0 Å². The van der Waals surface area contributed by atoms with Crippen molar-refractivity contribution >= 4 is 5.78 Å². The van der Waals surface area contributed by atoms with Gasteiger partial charge in [0.05, 0.1) is 6.20 Å². The molecule has 0 saturated heterocycles. The SMILES string of the molecule is CCC(CN)C(=O)c1cncc(F)c1. The summed E-state index contributed by atoms with van der Waals surface area (Å²) < 4.78 is 12.8. The summed E-state index contributed by atoms with van der Waals surface area (Å²) in [6.45, 7) is 2.16. The largest absolute Gasteiger partial charge is 0.330 e. The molecule has 0 bridgehead atoms. The van der Waals surface area contributed by atoms with Gasteiger partial charge in [-0.3, -0.25) is 9.78 Å². The van der Waals surface area contributed by atoms with Gasteiger partial charge in [0, 0.05) is 24.2 Å². The minimum absolute atomic E-state index is 0.137. The summed E-state index contributed by atoms with van der Waals surface area (Å²) in [5.74, 6) is -0.872. The third-order valence-electron chi connectivity index (χ3n) is 2.14. The van der Waals surface area contributed by atoms with Crippen LogP contribution in [0.3, 0.4) is 0 Å². The number of halogens is 1. The first-order valence-corrected chi connectivity index (χ1v) is 4.53. The third-order valence-corrected chi connectivity index (χ3v) is 2.14. The number of aromatic nitrogens is 1. The minimum atomic E-state index is -0.497. The summed E-state index contributed by atoms with van der Waals surface area (Å²) in [4.78, 5) is 15.3. The summed E-state index contributed by atoms with van der Waals surface area (Å²) in [6.07, 6.45) is 3.09. The molecule has 1 atom stereocenters. The van der Waals surface area contributed by atoms with Crippen LogP contribution in [0.2, 0.25) is 0 Å². The Kier molecular flexibility index (Phi) is 3.71. The fourth-order valence-electron chi connectivity index (χ4n) is 1.24. The van der Waals surface area contributed by atoms with Crippen molar-refractivity contribution in [2.24, 2.45) is 11.7 Å². The maximum Gasteiger partial charge on any atom is 0.168 e. The predicted octanol–water partition coefficient (Wildman–Crippen LogP) is 1.39. The molecule has 1 rings (SSSR count). The predicted molar refractivity (Wildman–Crippen MR) is 51.4 cm³/mol. The summed E-state index contributed by atoms with van der Waals surface area (Å²) in [6, 6.07) is 1.19. The van der Waals surface area contributed by atoms with Gasteiger partial charge in [-0.2, -0.15) is 0 Å². The van der Waals surface area contributed by atoms with Crippen molar-refractivity contribution < 1.29 is 9.18 Å². The van der Waals surface area contributed by atoms with Crippen molar-refractivity contribution in [1.82, 2.24) is 4.98 Å². The fraction of sp³-hybridized carbons (Fsp3) is 0.400. The molecule has 4 heteroatoms. The van der Waals surface area contributed by atoms with Crippen LogP contribution in [-0.2, 0) is 0 Å². The Hall–Kier alpha value is -1.29. The molecule has 0 fully saturated rings. The molecule has 0 amide bonds. The van der Waals surface area contributed by atoms with Gasteiger partial charge >= 0.3 is 0 Å². The molecule has 0 aliphatic heterocycles. The smallest absolute Gasteiger partial charge is 0.168 e. The van der Waals surface area contributed by atoms with E-state index < -0.39 is 5.82 Å². The van der Waals surface area contributed by atoms with Gasteiger partial charge in [-0.1, -0.05) is 6.92 Å². The third kappa shape index (κ3) is 2.35. The van der Waals surface area contributed by atoms with E-state index in [1.165, 1.54) is 12.3 Å². The number of hydrogen-bond acceptors (Lipinski definition) is 3. The highest BCUT2D eigenvalue weighted by Crippen LogP contribution is 2.11. The first kappa shape index (κ1) is 10.8. The summed E-state index contributed by atoms with van der Waals surface area (Å²) in [5, 5.41) is 0. The van der Waals surface area contributed by atoms with E-state index in [2.05, 4.69) is 4.98 Å². The first-order valence-electron chi connectivity index (χ1n) is 4.53.